The lowest BCUT2D eigenvalue weighted by Gasteiger charge is -2.19. The third-order valence-corrected chi connectivity index (χ3v) is 5.03. The van der Waals surface area contributed by atoms with Crippen LogP contribution in [0.25, 0.3) is 0 Å². The Balaban J connectivity index is 1.80. The van der Waals surface area contributed by atoms with Crippen molar-refractivity contribution < 1.29 is 27.5 Å². The maximum atomic E-state index is 13.2. The van der Waals surface area contributed by atoms with E-state index in [0.717, 1.165) is 12.1 Å². The molecule has 0 saturated heterocycles. The third-order valence-electron chi connectivity index (χ3n) is 5.03. The van der Waals surface area contributed by atoms with Crippen molar-refractivity contribution in [2.75, 3.05) is 42.1 Å². The van der Waals surface area contributed by atoms with Gasteiger partial charge < -0.3 is 20.7 Å². The van der Waals surface area contributed by atoms with Crippen molar-refractivity contribution in [3.05, 3.63) is 65.5 Å². The highest BCUT2D eigenvalue weighted by Gasteiger charge is 2.31. The Labute approximate surface area is 199 Å². The largest absolute Gasteiger partial charge is 0.497 e. The van der Waals surface area contributed by atoms with E-state index in [4.69, 9.17) is 4.74 Å². The van der Waals surface area contributed by atoms with Crippen molar-refractivity contribution >= 4 is 34.9 Å². The van der Waals surface area contributed by atoms with Crippen LogP contribution in [0.15, 0.2) is 48.8 Å². The van der Waals surface area contributed by atoms with E-state index in [1.165, 1.54) is 43.6 Å². The predicted octanol–water partition coefficient (Wildman–Crippen LogP) is 4.77. The van der Waals surface area contributed by atoms with Crippen LogP contribution in [-0.2, 0) is 6.18 Å². The summed E-state index contributed by atoms with van der Waals surface area (Å²) in [6.07, 6.45) is -3.30. The maximum Gasteiger partial charge on any atom is 0.416 e. The van der Waals surface area contributed by atoms with Crippen molar-refractivity contribution in [3.63, 3.8) is 0 Å². The molecule has 0 bridgehead atoms. The first kappa shape index (κ1) is 25.3. The fourth-order valence-corrected chi connectivity index (χ4v) is 3.02. The number of amides is 3. The number of benzene rings is 2. The SMILES string of the molecule is CNc1cc(N(C)C(=O)Nc2cc(C(=O)Nc3cc(OC)cc(C(F)(F)F)c3)ccc2C)ncn1. The smallest absolute Gasteiger partial charge is 0.416 e. The number of carbonyl (C=O) groups is 2. The zero-order valence-corrected chi connectivity index (χ0v) is 19.3. The number of aromatic nitrogens is 2. The van der Waals surface area contributed by atoms with Gasteiger partial charge in [0.2, 0.25) is 0 Å². The van der Waals surface area contributed by atoms with Gasteiger partial charge in [0.05, 0.1) is 12.7 Å². The molecule has 0 aliphatic carbocycles. The van der Waals surface area contributed by atoms with Gasteiger partial charge in [0.15, 0.2) is 0 Å². The van der Waals surface area contributed by atoms with Crippen LogP contribution in [0, 0.1) is 6.92 Å². The molecule has 0 aliphatic rings. The molecule has 3 amide bonds. The topological polar surface area (TPSA) is 108 Å². The van der Waals surface area contributed by atoms with Gasteiger partial charge in [0.1, 0.15) is 23.7 Å². The summed E-state index contributed by atoms with van der Waals surface area (Å²) in [4.78, 5) is 34.8. The summed E-state index contributed by atoms with van der Waals surface area (Å²) >= 11 is 0. The zero-order valence-electron chi connectivity index (χ0n) is 19.3. The standard InChI is InChI=1S/C23H23F3N6O3/c1-13-5-6-14(21(33)30-16-8-15(23(24,25)26)9-17(10-16)35-4)7-18(13)31-22(34)32(3)20-11-19(27-2)28-12-29-20/h5-12H,1-4H3,(H,30,33)(H,31,34)(H,27,28,29). The Morgan fingerprint density at radius 1 is 1.03 bits per heavy atom. The van der Waals surface area contributed by atoms with E-state index in [2.05, 4.69) is 25.9 Å². The molecule has 0 unspecified atom stereocenters. The fraction of sp³-hybridized carbons (Fsp3) is 0.217. The first-order valence-electron chi connectivity index (χ1n) is 10.2. The van der Waals surface area contributed by atoms with Gasteiger partial charge >= 0.3 is 12.2 Å². The van der Waals surface area contributed by atoms with Crippen molar-refractivity contribution in [2.24, 2.45) is 0 Å². The monoisotopic (exact) mass is 488 g/mol. The number of rotatable bonds is 6. The molecule has 0 aliphatic heterocycles. The van der Waals surface area contributed by atoms with E-state index in [1.54, 1.807) is 26.1 Å². The molecule has 3 rings (SSSR count). The van der Waals surface area contributed by atoms with Crippen LogP contribution in [0.3, 0.4) is 0 Å². The molecular formula is C23H23F3N6O3. The molecule has 0 saturated carbocycles. The van der Waals surface area contributed by atoms with E-state index in [0.29, 0.717) is 22.9 Å². The minimum atomic E-state index is -4.61. The number of anilines is 4. The van der Waals surface area contributed by atoms with E-state index < -0.39 is 23.7 Å². The Hall–Kier alpha value is -4.35. The molecule has 2 aromatic carbocycles. The molecule has 3 aromatic rings. The number of alkyl halides is 3. The highest BCUT2D eigenvalue weighted by Crippen LogP contribution is 2.34. The van der Waals surface area contributed by atoms with Gasteiger partial charge in [-0.2, -0.15) is 13.2 Å². The van der Waals surface area contributed by atoms with Gasteiger partial charge in [0, 0.05) is 43.2 Å². The van der Waals surface area contributed by atoms with Gasteiger partial charge in [-0.05, 0) is 36.8 Å². The number of ether oxygens (including phenoxy) is 1. The molecule has 0 radical (unpaired) electrons. The van der Waals surface area contributed by atoms with Gasteiger partial charge in [-0.15, -0.1) is 0 Å². The van der Waals surface area contributed by atoms with E-state index >= 15 is 0 Å². The predicted molar refractivity (Wildman–Crippen MR) is 126 cm³/mol. The Morgan fingerprint density at radius 3 is 2.43 bits per heavy atom. The highest BCUT2D eigenvalue weighted by molar-refractivity contribution is 6.06. The Bertz CT molecular complexity index is 1250. The van der Waals surface area contributed by atoms with E-state index in [-0.39, 0.29) is 17.0 Å². The van der Waals surface area contributed by atoms with Crippen LogP contribution in [0.5, 0.6) is 5.75 Å². The average molecular weight is 488 g/mol. The number of carbonyl (C=O) groups excluding carboxylic acids is 2. The third kappa shape index (κ3) is 6.16. The number of methoxy groups -OCH3 is 1. The first-order chi connectivity index (χ1) is 16.5. The van der Waals surface area contributed by atoms with Crippen LogP contribution in [0.1, 0.15) is 21.5 Å². The molecule has 1 heterocycles. The maximum absolute atomic E-state index is 13.2. The van der Waals surface area contributed by atoms with Crippen molar-refractivity contribution in [1.82, 2.24) is 9.97 Å². The van der Waals surface area contributed by atoms with Crippen LogP contribution in [-0.4, -0.2) is 43.1 Å². The van der Waals surface area contributed by atoms with Crippen LogP contribution < -0.4 is 25.6 Å². The number of hydrogen-bond donors (Lipinski definition) is 3. The number of urea groups is 1. The van der Waals surface area contributed by atoms with Gasteiger partial charge in [0.25, 0.3) is 5.91 Å². The molecule has 1 aromatic heterocycles. The second-order valence-corrected chi connectivity index (χ2v) is 7.43. The average Bonchev–Trinajstić information content (AvgIpc) is 2.83. The van der Waals surface area contributed by atoms with E-state index in [1.807, 2.05) is 0 Å². The quantitative estimate of drug-likeness (QED) is 0.461. The summed E-state index contributed by atoms with van der Waals surface area (Å²) in [7, 11) is 4.43. The molecule has 184 valence electrons. The molecule has 12 heteroatoms. The van der Waals surface area contributed by atoms with E-state index in [9.17, 15) is 22.8 Å². The molecule has 0 fully saturated rings. The minimum absolute atomic E-state index is 0.0545. The van der Waals surface area contributed by atoms with Crippen molar-refractivity contribution in [3.8, 4) is 5.75 Å². The van der Waals surface area contributed by atoms with Gasteiger partial charge in [-0.25, -0.2) is 14.8 Å². The molecule has 3 N–H and O–H groups in total. The Kier molecular flexibility index (Phi) is 7.43. The first-order valence-corrected chi connectivity index (χ1v) is 10.2. The van der Waals surface area contributed by atoms with Gasteiger partial charge in [-0.1, -0.05) is 6.07 Å². The lowest BCUT2D eigenvalue weighted by molar-refractivity contribution is -0.137. The summed E-state index contributed by atoms with van der Waals surface area (Å²) in [6, 6.07) is 8.53. The number of nitrogens with zero attached hydrogens (tertiary/aromatic N) is 3. The lowest BCUT2D eigenvalue weighted by atomic mass is 10.1. The minimum Gasteiger partial charge on any atom is -0.497 e. The second-order valence-electron chi connectivity index (χ2n) is 7.43. The highest BCUT2D eigenvalue weighted by atomic mass is 19.4. The summed E-state index contributed by atoms with van der Waals surface area (Å²) in [5, 5.41) is 8.00. The fourth-order valence-electron chi connectivity index (χ4n) is 3.02. The normalized spacial score (nSPS) is 10.9. The van der Waals surface area contributed by atoms with Crippen LogP contribution in [0.2, 0.25) is 0 Å². The number of halogens is 3. The Morgan fingerprint density at radius 2 is 1.77 bits per heavy atom. The summed E-state index contributed by atoms with van der Waals surface area (Å²) in [6.45, 7) is 1.73. The number of hydrogen-bond acceptors (Lipinski definition) is 6. The molecule has 35 heavy (non-hydrogen) atoms. The van der Waals surface area contributed by atoms with Crippen LogP contribution >= 0.6 is 0 Å². The second kappa shape index (κ2) is 10.3. The number of aryl methyl sites for hydroxylation is 1. The number of nitrogens with one attached hydrogen (secondary N) is 3. The lowest BCUT2D eigenvalue weighted by Crippen LogP contribution is -2.32. The molecule has 0 atom stereocenters. The zero-order chi connectivity index (χ0) is 25.8. The summed E-state index contributed by atoms with van der Waals surface area (Å²) < 4.78 is 44.4. The molecule has 0 spiro atoms. The molecular weight excluding hydrogens is 465 g/mol. The summed E-state index contributed by atoms with van der Waals surface area (Å²) in [5.41, 5.74) is 0.0981. The summed E-state index contributed by atoms with van der Waals surface area (Å²) in [5.74, 6) is 0.147. The van der Waals surface area contributed by atoms with Gasteiger partial charge in [-0.3, -0.25) is 9.69 Å². The van der Waals surface area contributed by atoms with Crippen molar-refractivity contribution in [2.45, 2.75) is 13.1 Å². The molecule has 9 nitrogen and oxygen atoms in total. The van der Waals surface area contributed by atoms with Crippen LogP contribution in [0.4, 0.5) is 41.0 Å². The van der Waals surface area contributed by atoms with Crippen molar-refractivity contribution in [1.29, 1.82) is 0 Å².